The van der Waals surface area contributed by atoms with Crippen LogP contribution in [0.2, 0.25) is 0 Å². The molecule has 1 N–H and O–H groups in total. The van der Waals surface area contributed by atoms with Crippen LogP contribution >= 0.6 is 0 Å². The number of furan rings is 2. The summed E-state index contributed by atoms with van der Waals surface area (Å²) in [5, 5.41) is 10.6. The first kappa shape index (κ1) is 18.8. The zero-order valence-electron chi connectivity index (χ0n) is 16.4. The predicted molar refractivity (Wildman–Crippen MR) is 107 cm³/mol. The molecule has 29 heavy (non-hydrogen) atoms. The third-order valence-corrected chi connectivity index (χ3v) is 5.02. The topological polar surface area (TPSA) is 83.9 Å². The lowest BCUT2D eigenvalue weighted by Crippen LogP contribution is -2.30. The first-order valence-corrected chi connectivity index (χ1v) is 9.28. The first-order chi connectivity index (χ1) is 13.8. The second-order valence-electron chi connectivity index (χ2n) is 7.96. The van der Waals surface area contributed by atoms with Crippen LogP contribution in [0.5, 0.6) is 0 Å². The Kier molecular flexibility index (Phi) is 4.42. The molecule has 0 bridgehead atoms. The maximum absolute atomic E-state index is 13.0. The summed E-state index contributed by atoms with van der Waals surface area (Å²) in [5.41, 5.74) is 1.54. The Morgan fingerprint density at radius 3 is 2.21 bits per heavy atom. The number of amides is 1. The van der Waals surface area contributed by atoms with E-state index in [0.717, 1.165) is 5.56 Å². The van der Waals surface area contributed by atoms with E-state index in [9.17, 15) is 14.7 Å². The van der Waals surface area contributed by atoms with E-state index in [2.05, 4.69) is 20.8 Å². The summed E-state index contributed by atoms with van der Waals surface area (Å²) >= 11 is 0. The Morgan fingerprint density at radius 1 is 1.00 bits per heavy atom. The minimum Gasteiger partial charge on any atom is -0.503 e. The van der Waals surface area contributed by atoms with Gasteiger partial charge in [-0.15, -0.1) is 0 Å². The molecule has 1 unspecified atom stereocenters. The molecule has 0 saturated carbocycles. The molecule has 6 nitrogen and oxygen atoms in total. The van der Waals surface area contributed by atoms with Crippen LogP contribution in [0.4, 0.5) is 5.69 Å². The van der Waals surface area contributed by atoms with Gasteiger partial charge in [-0.1, -0.05) is 32.9 Å². The second-order valence-corrected chi connectivity index (χ2v) is 7.96. The molecule has 6 heteroatoms. The maximum atomic E-state index is 13.0. The van der Waals surface area contributed by atoms with E-state index in [1.165, 1.54) is 23.5 Å². The van der Waals surface area contributed by atoms with Gasteiger partial charge in [-0.3, -0.25) is 14.5 Å². The number of hydrogen-bond donors (Lipinski definition) is 1. The van der Waals surface area contributed by atoms with E-state index in [0.29, 0.717) is 11.4 Å². The fraction of sp³-hybridized carbons (Fsp3) is 0.217. The molecule has 0 spiro atoms. The van der Waals surface area contributed by atoms with E-state index >= 15 is 0 Å². The summed E-state index contributed by atoms with van der Waals surface area (Å²) in [4.78, 5) is 27.3. The van der Waals surface area contributed by atoms with Crippen molar-refractivity contribution in [2.24, 2.45) is 0 Å². The van der Waals surface area contributed by atoms with Crippen LogP contribution in [-0.2, 0) is 10.2 Å². The molecule has 1 amide bonds. The summed E-state index contributed by atoms with van der Waals surface area (Å²) in [6.45, 7) is 6.30. The van der Waals surface area contributed by atoms with Crippen LogP contribution in [0.15, 0.2) is 81.2 Å². The summed E-state index contributed by atoms with van der Waals surface area (Å²) in [5.74, 6) is -1.41. The van der Waals surface area contributed by atoms with Crippen molar-refractivity contribution in [2.45, 2.75) is 32.2 Å². The van der Waals surface area contributed by atoms with Gasteiger partial charge in [0.15, 0.2) is 11.5 Å². The zero-order valence-corrected chi connectivity index (χ0v) is 16.4. The van der Waals surface area contributed by atoms with Crippen molar-refractivity contribution < 1.29 is 23.5 Å². The normalized spacial score (nSPS) is 17.3. The Balaban J connectivity index is 1.81. The van der Waals surface area contributed by atoms with Crippen molar-refractivity contribution in [3.05, 3.63) is 89.5 Å². The molecule has 2 aromatic heterocycles. The van der Waals surface area contributed by atoms with E-state index < -0.39 is 23.5 Å². The molecular weight excluding hydrogens is 370 g/mol. The van der Waals surface area contributed by atoms with Gasteiger partial charge in [0.2, 0.25) is 5.78 Å². The molecule has 0 fully saturated rings. The van der Waals surface area contributed by atoms with E-state index in [1.807, 2.05) is 24.3 Å². The van der Waals surface area contributed by atoms with Gasteiger partial charge in [-0.25, -0.2) is 0 Å². The van der Waals surface area contributed by atoms with Crippen LogP contribution in [-0.4, -0.2) is 16.8 Å². The lowest BCUT2D eigenvalue weighted by atomic mass is 9.87. The fourth-order valence-corrected chi connectivity index (χ4v) is 3.48. The minimum atomic E-state index is -0.893. The Bertz CT molecular complexity index is 1070. The standard InChI is InChI=1S/C23H21NO5/c1-23(2,3)14-8-10-15(11-9-14)24-19(16-6-4-12-28-16)18(21(26)22(24)27)20(25)17-7-5-13-29-17/h4-13,19,26H,1-3H3. The molecule has 0 aliphatic carbocycles. The number of carbonyl (C=O) groups excluding carboxylic acids is 2. The lowest BCUT2D eigenvalue weighted by molar-refractivity contribution is -0.117. The smallest absolute Gasteiger partial charge is 0.294 e. The third-order valence-electron chi connectivity index (χ3n) is 5.02. The highest BCUT2D eigenvalue weighted by Crippen LogP contribution is 2.42. The second kappa shape index (κ2) is 6.81. The highest BCUT2D eigenvalue weighted by molar-refractivity contribution is 6.20. The first-order valence-electron chi connectivity index (χ1n) is 9.28. The van der Waals surface area contributed by atoms with Crippen LogP contribution in [0, 0.1) is 0 Å². The quantitative estimate of drug-likeness (QED) is 0.636. The highest BCUT2D eigenvalue weighted by atomic mass is 16.3. The highest BCUT2D eigenvalue weighted by Gasteiger charge is 2.46. The molecule has 1 aliphatic heterocycles. The molecule has 4 rings (SSSR count). The number of hydrogen-bond acceptors (Lipinski definition) is 5. The Labute approximate surface area is 168 Å². The van der Waals surface area contributed by atoms with Crippen LogP contribution in [0.25, 0.3) is 0 Å². The molecule has 1 aliphatic rings. The molecule has 3 heterocycles. The Morgan fingerprint density at radius 2 is 1.66 bits per heavy atom. The van der Waals surface area contributed by atoms with Crippen molar-refractivity contribution in [1.29, 1.82) is 0 Å². The number of carbonyl (C=O) groups is 2. The molecule has 1 aromatic carbocycles. The van der Waals surface area contributed by atoms with Gasteiger partial charge in [-0.2, -0.15) is 0 Å². The van der Waals surface area contributed by atoms with Gasteiger partial charge < -0.3 is 13.9 Å². The predicted octanol–water partition coefficient (Wildman–Crippen LogP) is 4.95. The van der Waals surface area contributed by atoms with Gasteiger partial charge in [0.25, 0.3) is 5.91 Å². The van der Waals surface area contributed by atoms with Gasteiger partial charge in [0, 0.05) is 5.69 Å². The van der Waals surface area contributed by atoms with Crippen LogP contribution < -0.4 is 4.90 Å². The Hall–Kier alpha value is -3.54. The number of Topliss-reactive ketones (excluding diaryl/α,β-unsaturated/α-hetero) is 1. The molecule has 0 saturated heterocycles. The fourth-order valence-electron chi connectivity index (χ4n) is 3.48. The number of ketones is 1. The SMILES string of the molecule is CC(C)(C)c1ccc(N2C(=O)C(O)=C(C(=O)c3ccco3)C2c2ccco2)cc1. The number of nitrogens with zero attached hydrogens (tertiary/aromatic N) is 1. The monoisotopic (exact) mass is 391 g/mol. The van der Waals surface area contributed by atoms with Crippen molar-refractivity contribution in [1.82, 2.24) is 0 Å². The molecular formula is C23H21NO5. The summed E-state index contributed by atoms with van der Waals surface area (Å²) in [6.07, 6.45) is 2.83. The van der Waals surface area contributed by atoms with E-state index in [1.54, 1.807) is 18.2 Å². The van der Waals surface area contributed by atoms with Crippen molar-refractivity contribution in [3.63, 3.8) is 0 Å². The van der Waals surface area contributed by atoms with E-state index in [-0.39, 0.29) is 16.7 Å². The van der Waals surface area contributed by atoms with Crippen molar-refractivity contribution in [3.8, 4) is 0 Å². The zero-order chi connectivity index (χ0) is 20.8. The molecule has 148 valence electrons. The van der Waals surface area contributed by atoms with Crippen molar-refractivity contribution >= 4 is 17.4 Å². The lowest BCUT2D eigenvalue weighted by Gasteiger charge is -2.26. The van der Waals surface area contributed by atoms with Crippen LogP contribution in [0.3, 0.4) is 0 Å². The van der Waals surface area contributed by atoms with Gasteiger partial charge in [0.05, 0.1) is 18.1 Å². The number of anilines is 1. The van der Waals surface area contributed by atoms with Crippen LogP contribution in [0.1, 0.15) is 48.7 Å². The van der Waals surface area contributed by atoms with Gasteiger partial charge >= 0.3 is 0 Å². The molecule has 0 radical (unpaired) electrons. The minimum absolute atomic E-state index is 0.0424. The number of benzene rings is 1. The summed E-state index contributed by atoms with van der Waals surface area (Å²) < 4.78 is 10.7. The average Bonchev–Trinajstić information content (AvgIpc) is 3.43. The summed E-state index contributed by atoms with van der Waals surface area (Å²) in [6, 6.07) is 13.0. The summed E-state index contributed by atoms with van der Waals surface area (Å²) in [7, 11) is 0. The third kappa shape index (κ3) is 3.16. The number of rotatable bonds is 4. The number of aliphatic hydroxyl groups excluding tert-OH is 1. The van der Waals surface area contributed by atoms with Crippen molar-refractivity contribution in [2.75, 3.05) is 4.90 Å². The van der Waals surface area contributed by atoms with E-state index in [4.69, 9.17) is 8.83 Å². The number of aliphatic hydroxyl groups is 1. The maximum Gasteiger partial charge on any atom is 0.294 e. The average molecular weight is 391 g/mol. The largest absolute Gasteiger partial charge is 0.503 e. The molecule has 3 aromatic rings. The molecule has 1 atom stereocenters. The van der Waals surface area contributed by atoms with Gasteiger partial charge in [0.1, 0.15) is 11.8 Å². The van der Waals surface area contributed by atoms with Gasteiger partial charge in [-0.05, 0) is 47.4 Å².